The van der Waals surface area contributed by atoms with Crippen LogP contribution in [0.15, 0.2) is 42.5 Å². The molecule has 0 radical (unpaired) electrons. The number of anilines is 4. The highest BCUT2D eigenvalue weighted by atomic mass is 19.1. The minimum Gasteiger partial charge on any atom is -0.497 e. The van der Waals surface area contributed by atoms with Crippen molar-refractivity contribution in [3.05, 3.63) is 59.9 Å². The molecule has 0 amide bonds. The summed E-state index contributed by atoms with van der Waals surface area (Å²) in [4.78, 5) is 8.55. The van der Waals surface area contributed by atoms with E-state index in [4.69, 9.17) is 9.47 Å². The summed E-state index contributed by atoms with van der Waals surface area (Å²) in [6.07, 6.45) is 0. The van der Waals surface area contributed by atoms with Crippen LogP contribution >= 0.6 is 0 Å². The number of aromatic nitrogens is 2. The number of hydrogen-bond acceptors (Lipinski definition) is 6. The molecule has 0 bridgehead atoms. The molecule has 0 aliphatic carbocycles. The van der Waals surface area contributed by atoms with E-state index in [0.29, 0.717) is 34.6 Å². The van der Waals surface area contributed by atoms with Crippen molar-refractivity contribution >= 4 is 23.0 Å². The molecule has 1 heterocycles. The maximum Gasteiger partial charge on any atom is 0.149 e. The topological polar surface area (TPSA) is 68.3 Å². The predicted octanol–water partition coefficient (Wildman–Crippen LogP) is 4.57. The van der Waals surface area contributed by atoms with Gasteiger partial charge in [-0.2, -0.15) is 0 Å². The molecule has 0 aliphatic heterocycles. The van der Waals surface area contributed by atoms with Crippen molar-refractivity contribution in [3.8, 4) is 11.5 Å². The Kier molecular flexibility index (Phi) is 5.35. The molecule has 0 aliphatic rings. The number of halogens is 2. The second-order valence-electron chi connectivity index (χ2n) is 5.63. The highest BCUT2D eigenvalue weighted by Gasteiger charge is 2.10. The Hall–Kier alpha value is -3.42. The van der Waals surface area contributed by atoms with Gasteiger partial charge < -0.3 is 20.1 Å². The lowest BCUT2D eigenvalue weighted by atomic mass is 10.2. The minimum atomic E-state index is -0.711. The van der Waals surface area contributed by atoms with Crippen molar-refractivity contribution in [1.82, 2.24) is 9.97 Å². The SMILES string of the molecule is COc1ccc(Nc2cc(Nc3ccc(F)cc3F)nc(C)n2)c(OC)c1. The van der Waals surface area contributed by atoms with Crippen molar-refractivity contribution < 1.29 is 18.3 Å². The van der Waals surface area contributed by atoms with Crippen molar-refractivity contribution in [2.75, 3.05) is 24.9 Å². The Labute approximate surface area is 155 Å². The van der Waals surface area contributed by atoms with E-state index in [2.05, 4.69) is 20.6 Å². The predicted molar refractivity (Wildman–Crippen MR) is 99.2 cm³/mol. The number of benzene rings is 2. The number of aryl methyl sites for hydroxylation is 1. The molecule has 27 heavy (non-hydrogen) atoms. The van der Waals surface area contributed by atoms with Gasteiger partial charge in [0.15, 0.2) is 0 Å². The summed E-state index contributed by atoms with van der Waals surface area (Å²) in [5.74, 6) is 1.19. The van der Waals surface area contributed by atoms with E-state index >= 15 is 0 Å². The lowest BCUT2D eigenvalue weighted by molar-refractivity contribution is 0.395. The van der Waals surface area contributed by atoms with Gasteiger partial charge in [0, 0.05) is 18.2 Å². The van der Waals surface area contributed by atoms with E-state index in [-0.39, 0.29) is 5.69 Å². The summed E-state index contributed by atoms with van der Waals surface area (Å²) >= 11 is 0. The third-order valence-corrected chi connectivity index (χ3v) is 3.70. The molecule has 2 aromatic carbocycles. The third-order valence-electron chi connectivity index (χ3n) is 3.70. The second kappa shape index (κ2) is 7.86. The van der Waals surface area contributed by atoms with Crippen LogP contribution < -0.4 is 20.1 Å². The highest BCUT2D eigenvalue weighted by Crippen LogP contribution is 2.31. The van der Waals surface area contributed by atoms with Crippen LogP contribution in [0.1, 0.15) is 5.82 Å². The Morgan fingerprint density at radius 2 is 1.48 bits per heavy atom. The summed E-state index contributed by atoms with van der Waals surface area (Å²) < 4.78 is 37.5. The van der Waals surface area contributed by atoms with Crippen LogP contribution in [0.4, 0.5) is 31.8 Å². The average Bonchev–Trinajstić information content (AvgIpc) is 2.64. The quantitative estimate of drug-likeness (QED) is 0.661. The minimum absolute atomic E-state index is 0.113. The number of nitrogens with one attached hydrogen (secondary N) is 2. The van der Waals surface area contributed by atoms with Crippen LogP contribution in [0.3, 0.4) is 0 Å². The van der Waals surface area contributed by atoms with Gasteiger partial charge in [-0.1, -0.05) is 0 Å². The molecule has 3 rings (SSSR count). The third kappa shape index (κ3) is 4.41. The zero-order chi connectivity index (χ0) is 19.4. The maximum atomic E-state index is 13.9. The molecular formula is C19H18F2N4O2. The molecule has 0 unspecified atom stereocenters. The lowest BCUT2D eigenvalue weighted by Crippen LogP contribution is -2.03. The highest BCUT2D eigenvalue weighted by molar-refractivity contribution is 5.68. The fourth-order valence-electron chi connectivity index (χ4n) is 2.46. The summed E-state index contributed by atoms with van der Waals surface area (Å²) in [5, 5.41) is 5.97. The number of methoxy groups -OCH3 is 2. The summed E-state index contributed by atoms with van der Waals surface area (Å²) in [6.45, 7) is 1.71. The first-order valence-corrected chi connectivity index (χ1v) is 8.05. The molecule has 8 heteroatoms. The molecule has 2 N–H and O–H groups in total. The Morgan fingerprint density at radius 1 is 0.815 bits per heavy atom. The molecule has 0 atom stereocenters. The molecule has 6 nitrogen and oxygen atoms in total. The molecule has 1 aromatic heterocycles. The summed E-state index contributed by atoms with van der Waals surface area (Å²) in [7, 11) is 3.12. The lowest BCUT2D eigenvalue weighted by Gasteiger charge is -2.14. The smallest absolute Gasteiger partial charge is 0.149 e. The molecule has 3 aromatic rings. The van der Waals surface area contributed by atoms with Gasteiger partial charge in [0.2, 0.25) is 0 Å². The summed E-state index contributed by atoms with van der Waals surface area (Å²) in [6, 6.07) is 10.2. The molecule has 0 saturated carbocycles. The van der Waals surface area contributed by atoms with Gasteiger partial charge in [0.05, 0.1) is 25.6 Å². The van der Waals surface area contributed by atoms with E-state index in [1.165, 1.54) is 12.1 Å². The van der Waals surface area contributed by atoms with Crippen molar-refractivity contribution in [2.24, 2.45) is 0 Å². The van der Waals surface area contributed by atoms with Gasteiger partial charge in [-0.3, -0.25) is 0 Å². The van der Waals surface area contributed by atoms with E-state index in [0.717, 1.165) is 6.07 Å². The van der Waals surface area contributed by atoms with E-state index in [9.17, 15) is 8.78 Å². The number of ether oxygens (including phenoxy) is 2. The molecule has 0 saturated heterocycles. The van der Waals surface area contributed by atoms with Gasteiger partial charge >= 0.3 is 0 Å². The van der Waals surface area contributed by atoms with Gasteiger partial charge in [-0.25, -0.2) is 18.7 Å². The Balaban J connectivity index is 1.87. The number of hydrogen-bond donors (Lipinski definition) is 2. The van der Waals surface area contributed by atoms with E-state index < -0.39 is 11.6 Å². The number of rotatable bonds is 6. The monoisotopic (exact) mass is 372 g/mol. The normalized spacial score (nSPS) is 10.4. The number of nitrogens with zero attached hydrogens (tertiary/aromatic N) is 2. The van der Waals surface area contributed by atoms with Gasteiger partial charge in [-0.15, -0.1) is 0 Å². The largest absolute Gasteiger partial charge is 0.497 e. The van der Waals surface area contributed by atoms with Crippen LogP contribution in [-0.2, 0) is 0 Å². The van der Waals surface area contributed by atoms with E-state index in [1.807, 2.05) is 0 Å². The molecular weight excluding hydrogens is 354 g/mol. The molecule has 0 fully saturated rings. The van der Waals surface area contributed by atoms with Gasteiger partial charge in [-0.05, 0) is 31.2 Å². The van der Waals surface area contributed by atoms with Crippen molar-refractivity contribution in [2.45, 2.75) is 6.92 Å². The van der Waals surface area contributed by atoms with Crippen LogP contribution in [0, 0.1) is 18.6 Å². The second-order valence-corrected chi connectivity index (χ2v) is 5.63. The van der Waals surface area contributed by atoms with Crippen LogP contribution in [0.25, 0.3) is 0 Å². The van der Waals surface area contributed by atoms with E-state index in [1.54, 1.807) is 45.4 Å². The van der Waals surface area contributed by atoms with Crippen LogP contribution in [-0.4, -0.2) is 24.2 Å². The first-order valence-electron chi connectivity index (χ1n) is 8.05. The first kappa shape index (κ1) is 18.4. The van der Waals surface area contributed by atoms with Gasteiger partial charge in [0.1, 0.15) is 40.6 Å². The average molecular weight is 372 g/mol. The molecule has 140 valence electrons. The Bertz CT molecular complexity index is 966. The zero-order valence-electron chi connectivity index (χ0n) is 15.0. The van der Waals surface area contributed by atoms with Gasteiger partial charge in [0.25, 0.3) is 0 Å². The van der Waals surface area contributed by atoms with Crippen LogP contribution in [0.5, 0.6) is 11.5 Å². The fourth-order valence-corrected chi connectivity index (χ4v) is 2.46. The Morgan fingerprint density at radius 3 is 2.11 bits per heavy atom. The molecule has 0 spiro atoms. The zero-order valence-corrected chi connectivity index (χ0v) is 15.0. The van der Waals surface area contributed by atoms with Crippen molar-refractivity contribution in [1.29, 1.82) is 0 Å². The fraction of sp³-hybridized carbons (Fsp3) is 0.158. The van der Waals surface area contributed by atoms with Crippen LogP contribution in [0.2, 0.25) is 0 Å². The van der Waals surface area contributed by atoms with Crippen molar-refractivity contribution in [3.63, 3.8) is 0 Å². The standard InChI is InChI=1S/C19H18F2N4O2/c1-11-22-18(24-15-6-4-12(20)8-14(15)21)10-19(23-11)25-16-7-5-13(26-2)9-17(16)27-3/h4-10H,1-3H3,(H2,22,23,24,25). The first-order chi connectivity index (χ1) is 13.0. The summed E-state index contributed by atoms with van der Waals surface area (Å²) in [5.41, 5.74) is 0.790. The maximum absolute atomic E-state index is 13.9.